The fourth-order valence-electron chi connectivity index (χ4n) is 5.19. The number of nitrogens with zero attached hydrogens (tertiary/aromatic N) is 3. The van der Waals surface area contributed by atoms with Gasteiger partial charge >= 0.3 is 6.03 Å². The monoisotopic (exact) mass is 579 g/mol. The SMILES string of the molecule is COC[C@@H](C)NCc1cc(F)ccc1N1CCN(C(=O)CC(CN2CCNC2=O)c2ccc(Cl)cc2Cl)CC1. The number of hydrogen-bond donors (Lipinski definition) is 2. The Labute approximate surface area is 239 Å². The molecule has 0 aliphatic carbocycles. The molecule has 2 aliphatic heterocycles. The molecule has 0 bridgehead atoms. The number of hydrogen-bond acceptors (Lipinski definition) is 5. The van der Waals surface area contributed by atoms with Crippen molar-refractivity contribution < 1.29 is 18.7 Å². The lowest BCUT2D eigenvalue weighted by molar-refractivity contribution is -0.132. The highest BCUT2D eigenvalue weighted by atomic mass is 35.5. The number of halogens is 3. The summed E-state index contributed by atoms with van der Waals surface area (Å²) in [4.78, 5) is 31.5. The van der Waals surface area contributed by atoms with E-state index in [0.717, 1.165) is 16.8 Å². The van der Waals surface area contributed by atoms with Gasteiger partial charge in [0.1, 0.15) is 5.82 Å². The molecule has 2 N–H and O–H groups in total. The van der Waals surface area contributed by atoms with Crippen molar-refractivity contribution in [2.24, 2.45) is 0 Å². The lowest BCUT2D eigenvalue weighted by Gasteiger charge is -2.38. The van der Waals surface area contributed by atoms with Crippen LogP contribution in [0.4, 0.5) is 14.9 Å². The summed E-state index contributed by atoms with van der Waals surface area (Å²) in [6, 6.07) is 10.1. The second-order valence-corrected chi connectivity index (χ2v) is 11.0. The summed E-state index contributed by atoms with van der Waals surface area (Å²) in [7, 11) is 1.65. The number of carbonyl (C=O) groups excluding carboxylic acids is 2. The number of piperazine rings is 1. The smallest absolute Gasteiger partial charge is 0.317 e. The predicted molar refractivity (Wildman–Crippen MR) is 152 cm³/mol. The van der Waals surface area contributed by atoms with Crippen LogP contribution in [0.15, 0.2) is 36.4 Å². The van der Waals surface area contributed by atoms with Crippen LogP contribution in [0.1, 0.15) is 30.4 Å². The Bertz CT molecular complexity index is 1160. The molecule has 2 aromatic carbocycles. The summed E-state index contributed by atoms with van der Waals surface area (Å²) in [5.41, 5.74) is 2.64. The van der Waals surface area contributed by atoms with Crippen LogP contribution in [-0.4, -0.2) is 87.3 Å². The lowest BCUT2D eigenvalue weighted by Crippen LogP contribution is -2.49. The molecule has 8 nitrogen and oxygen atoms in total. The van der Waals surface area contributed by atoms with Crippen molar-refractivity contribution in [3.63, 3.8) is 0 Å². The van der Waals surface area contributed by atoms with Crippen LogP contribution in [-0.2, 0) is 16.1 Å². The Morgan fingerprint density at radius 2 is 1.90 bits per heavy atom. The molecule has 0 saturated carbocycles. The van der Waals surface area contributed by atoms with Crippen LogP contribution in [0.5, 0.6) is 0 Å². The number of benzene rings is 2. The van der Waals surface area contributed by atoms with Gasteiger partial charge < -0.3 is 30.1 Å². The van der Waals surface area contributed by atoms with Gasteiger partial charge in [0.05, 0.1) is 6.61 Å². The summed E-state index contributed by atoms with van der Waals surface area (Å²) < 4.78 is 19.3. The van der Waals surface area contributed by atoms with E-state index in [1.165, 1.54) is 6.07 Å². The number of ether oxygens (including phenoxy) is 1. The van der Waals surface area contributed by atoms with Gasteiger partial charge in [-0.15, -0.1) is 0 Å². The molecule has 2 fully saturated rings. The Morgan fingerprint density at radius 3 is 2.56 bits per heavy atom. The van der Waals surface area contributed by atoms with E-state index in [4.69, 9.17) is 27.9 Å². The zero-order valence-corrected chi connectivity index (χ0v) is 23.9. The molecule has 0 aromatic heterocycles. The third-order valence-electron chi connectivity index (χ3n) is 7.28. The highest BCUT2D eigenvalue weighted by Gasteiger charge is 2.30. The van der Waals surface area contributed by atoms with E-state index in [1.807, 2.05) is 24.0 Å². The number of methoxy groups -OCH3 is 1. The zero-order chi connectivity index (χ0) is 27.9. The van der Waals surface area contributed by atoms with E-state index in [-0.39, 0.29) is 36.1 Å². The van der Waals surface area contributed by atoms with Crippen LogP contribution >= 0.6 is 23.2 Å². The number of nitrogens with one attached hydrogen (secondary N) is 2. The number of rotatable bonds is 11. The zero-order valence-electron chi connectivity index (χ0n) is 22.4. The van der Waals surface area contributed by atoms with E-state index in [0.29, 0.717) is 69.0 Å². The van der Waals surface area contributed by atoms with Gasteiger partial charge in [0.25, 0.3) is 0 Å². The van der Waals surface area contributed by atoms with Gasteiger partial charge in [-0.3, -0.25) is 4.79 Å². The average Bonchev–Trinajstić information content (AvgIpc) is 3.31. The van der Waals surface area contributed by atoms with E-state index in [2.05, 4.69) is 15.5 Å². The third-order valence-corrected chi connectivity index (χ3v) is 7.84. The Hall–Kier alpha value is -2.59. The van der Waals surface area contributed by atoms with Gasteiger partial charge in [-0.2, -0.15) is 0 Å². The Morgan fingerprint density at radius 1 is 1.13 bits per heavy atom. The quantitative estimate of drug-likeness (QED) is 0.419. The fourth-order valence-corrected chi connectivity index (χ4v) is 5.75. The fraction of sp³-hybridized carbons (Fsp3) is 0.500. The van der Waals surface area contributed by atoms with Crippen molar-refractivity contribution in [1.29, 1.82) is 0 Å². The van der Waals surface area contributed by atoms with Gasteiger partial charge in [-0.05, 0) is 48.4 Å². The second kappa shape index (κ2) is 13.7. The summed E-state index contributed by atoms with van der Waals surface area (Å²) in [6.45, 7) is 7.05. The molecule has 212 valence electrons. The first kappa shape index (κ1) is 29.4. The van der Waals surface area contributed by atoms with Gasteiger partial charge in [0, 0.05) is 93.6 Å². The van der Waals surface area contributed by atoms with Crippen molar-refractivity contribution in [2.45, 2.75) is 31.8 Å². The topological polar surface area (TPSA) is 77.2 Å². The minimum atomic E-state index is -0.276. The first-order valence-electron chi connectivity index (χ1n) is 13.3. The molecule has 0 spiro atoms. The summed E-state index contributed by atoms with van der Waals surface area (Å²) >= 11 is 12.6. The van der Waals surface area contributed by atoms with Crippen LogP contribution in [0.2, 0.25) is 10.0 Å². The lowest BCUT2D eigenvalue weighted by atomic mass is 9.94. The highest BCUT2D eigenvalue weighted by Crippen LogP contribution is 2.32. The van der Waals surface area contributed by atoms with Gasteiger partial charge in [0.2, 0.25) is 5.91 Å². The largest absolute Gasteiger partial charge is 0.383 e. The molecule has 2 heterocycles. The van der Waals surface area contributed by atoms with Gasteiger partial charge in [-0.1, -0.05) is 29.3 Å². The molecule has 0 radical (unpaired) electrons. The summed E-state index contributed by atoms with van der Waals surface area (Å²) in [6.07, 6.45) is 0.230. The normalized spacial score (nSPS) is 17.4. The number of amides is 3. The van der Waals surface area contributed by atoms with Gasteiger partial charge in [0.15, 0.2) is 0 Å². The van der Waals surface area contributed by atoms with Gasteiger partial charge in [-0.25, -0.2) is 9.18 Å². The molecule has 3 amide bonds. The molecule has 39 heavy (non-hydrogen) atoms. The standard InChI is InChI=1S/C28H36Cl2FN5O3/c1-19(18-39-2)33-16-20-13-23(31)4-6-26(20)34-9-11-35(12-10-34)27(37)14-21(17-36-8-7-32-28(36)38)24-5-3-22(29)15-25(24)30/h3-6,13,15,19,21,33H,7-12,14,16-18H2,1-2H3,(H,32,38)/t19-,21?/m1/s1. The maximum atomic E-state index is 14.1. The molecule has 2 atom stereocenters. The predicted octanol–water partition coefficient (Wildman–Crippen LogP) is 4.10. The molecular weight excluding hydrogens is 544 g/mol. The van der Waals surface area contributed by atoms with E-state index >= 15 is 0 Å². The minimum Gasteiger partial charge on any atom is -0.383 e. The first-order valence-corrected chi connectivity index (χ1v) is 14.0. The molecule has 4 rings (SSSR count). The first-order chi connectivity index (χ1) is 18.7. The minimum absolute atomic E-state index is 0.0136. The highest BCUT2D eigenvalue weighted by molar-refractivity contribution is 6.35. The van der Waals surface area contributed by atoms with E-state index < -0.39 is 0 Å². The number of urea groups is 1. The number of carbonyl (C=O) groups is 2. The third kappa shape index (κ3) is 7.75. The summed E-state index contributed by atoms with van der Waals surface area (Å²) in [5.74, 6) is -0.519. The van der Waals surface area contributed by atoms with Crippen molar-refractivity contribution in [3.8, 4) is 0 Å². The van der Waals surface area contributed by atoms with Crippen molar-refractivity contribution in [3.05, 3.63) is 63.4 Å². The van der Waals surface area contributed by atoms with Crippen molar-refractivity contribution in [1.82, 2.24) is 20.4 Å². The maximum Gasteiger partial charge on any atom is 0.317 e. The average molecular weight is 581 g/mol. The van der Waals surface area contributed by atoms with Crippen molar-refractivity contribution >= 4 is 40.8 Å². The second-order valence-electron chi connectivity index (χ2n) is 10.1. The summed E-state index contributed by atoms with van der Waals surface area (Å²) in [5, 5.41) is 7.20. The van der Waals surface area contributed by atoms with Crippen LogP contribution < -0.4 is 15.5 Å². The maximum absolute atomic E-state index is 14.1. The molecule has 2 aromatic rings. The van der Waals surface area contributed by atoms with Crippen LogP contribution in [0.3, 0.4) is 0 Å². The Balaban J connectivity index is 1.41. The molecular formula is C28H36Cl2FN5O3. The molecule has 2 saturated heterocycles. The van der Waals surface area contributed by atoms with Crippen molar-refractivity contribution in [2.75, 3.05) is 64.4 Å². The van der Waals surface area contributed by atoms with Crippen LogP contribution in [0.25, 0.3) is 0 Å². The molecule has 1 unspecified atom stereocenters. The van der Waals surface area contributed by atoms with Crippen LogP contribution in [0, 0.1) is 5.82 Å². The van der Waals surface area contributed by atoms with E-state index in [1.54, 1.807) is 30.2 Å². The number of anilines is 1. The van der Waals surface area contributed by atoms with E-state index in [9.17, 15) is 14.0 Å². The molecule has 11 heteroatoms. The molecule has 2 aliphatic rings. The Kier molecular flexibility index (Phi) is 10.3.